The normalized spacial score (nSPS) is 13.7. The van der Waals surface area contributed by atoms with Gasteiger partial charge in [0.25, 0.3) is 5.91 Å². The van der Waals surface area contributed by atoms with E-state index in [1.165, 1.54) is 0 Å². The summed E-state index contributed by atoms with van der Waals surface area (Å²) in [7, 11) is 0. The first-order valence-corrected chi connectivity index (χ1v) is 8.15. The molecule has 0 fully saturated rings. The Morgan fingerprint density at radius 3 is 2.30 bits per heavy atom. The molecule has 0 aliphatic heterocycles. The molecule has 2 aromatic carbocycles. The predicted octanol–water partition coefficient (Wildman–Crippen LogP) is 2.61. The third-order valence-corrected chi connectivity index (χ3v) is 4.03. The summed E-state index contributed by atoms with van der Waals surface area (Å²) < 4.78 is 37.7. The Morgan fingerprint density at radius 1 is 1.15 bits per heavy atom. The number of nitrogens with one attached hydrogen (secondary N) is 1. The minimum atomic E-state index is -4.53. The highest BCUT2D eigenvalue weighted by Gasteiger charge is 2.31. The number of rotatable bonds is 6. The van der Waals surface area contributed by atoms with Crippen molar-refractivity contribution in [3.63, 3.8) is 0 Å². The molecule has 4 N–H and O–H groups in total. The van der Waals surface area contributed by atoms with Crippen LogP contribution in [0.3, 0.4) is 0 Å². The van der Waals surface area contributed by atoms with Gasteiger partial charge in [-0.2, -0.15) is 13.2 Å². The fourth-order valence-corrected chi connectivity index (χ4v) is 2.59. The molecule has 0 unspecified atom stereocenters. The largest absolute Gasteiger partial charge is 0.416 e. The average molecular weight is 401 g/mol. The van der Waals surface area contributed by atoms with Crippen LogP contribution < -0.4 is 11.1 Å². The highest BCUT2D eigenvalue weighted by atomic mass is 35.5. The van der Waals surface area contributed by atoms with Crippen LogP contribution in [-0.4, -0.2) is 23.0 Å². The van der Waals surface area contributed by atoms with E-state index in [2.05, 4.69) is 5.32 Å². The summed E-state index contributed by atoms with van der Waals surface area (Å²) in [5.41, 5.74) is 4.96. The maximum atomic E-state index is 12.6. The number of hydrogen-bond acceptors (Lipinski definition) is 3. The number of halogens is 4. The van der Waals surface area contributed by atoms with Crippen molar-refractivity contribution < 1.29 is 27.9 Å². The quantitative estimate of drug-likeness (QED) is 0.696. The molecule has 0 radical (unpaired) electrons. The lowest BCUT2D eigenvalue weighted by Crippen LogP contribution is -2.47. The van der Waals surface area contributed by atoms with Crippen LogP contribution in [-0.2, 0) is 22.2 Å². The zero-order chi connectivity index (χ0) is 20.2. The number of aliphatic hydroxyl groups is 1. The molecule has 5 nitrogen and oxygen atoms in total. The molecule has 2 amide bonds. The Labute approximate surface area is 157 Å². The average Bonchev–Trinajstić information content (AvgIpc) is 2.59. The smallest absolute Gasteiger partial charge is 0.378 e. The molecule has 0 saturated carbocycles. The molecule has 0 saturated heterocycles. The van der Waals surface area contributed by atoms with Crippen molar-refractivity contribution in [1.82, 2.24) is 5.32 Å². The van der Waals surface area contributed by atoms with Gasteiger partial charge in [-0.15, -0.1) is 0 Å². The maximum absolute atomic E-state index is 12.6. The Morgan fingerprint density at radius 2 is 1.78 bits per heavy atom. The maximum Gasteiger partial charge on any atom is 0.416 e. The van der Waals surface area contributed by atoms with Crippen LogP contribution in [0.4, 0.5) is 13.2 Å². The first-order valence-electron chi connectivity index (χ1n) is 7.77. The molecule has 0 spiro atoms. The van der Waals surface area contributed by atoms with Crippen LogP contribution in [0.25, 0.3) is 0 Å². The monoisotopic (exact) mass is 400 g/mol. The molecule has 0 aliphatic carbocycles. The van der Waals surface area contributed by atoms with E-state index in [1.54, 1.807) is 24.3 Å². The minimum absolute atomic E-state index is 0.0430. The number of carbonyl (C=O) groups excluding carboxylic acids is 2. The van der Waals surface area contributed by atoms with Crippen LogP contribution in [0.1, 0.15) is 22.8 Å². The summed E-state index contributed by atoms with van der Waals surface area (Å²) in [6.45, 7) is 0. The summed E-state index contributed by atoms with van der Waals surface area (Å²) in [5, 5.41) is 12.8. The molecule has 0 heterocycles. The predicted molar refractivity (Wildman–Crippen MR) is 92.7 cm³/mol. The Hall–Kier alpha value is -2.58. The molecule has 0 aromatic heterocycles. The van der Waals surface area contributed by atoms with Gasteiger partial charge in [0.2, 0.25) is 5.91 Å². The summed E-state index contributed by atoms with van der Waals surface area (Å²) in [6, 6.07) is 8.93. The lowest BCUT2D eigenvalue weighted by Gasteiger charge is -2.19. The molecule has 144 valence electrons. The van der Waals surface area contributed by atoms with Crippen LogP contribution in [0.5, 0.6) is 0 Å². The first kappa shape index (κ1) is 20.7. The topological polar surface area (TPSA) is 92.4 Å². The summed E-state index contributed by atoms with van der Waals surface area (Å²) in [5.74, 6) is -1.79. The number of carbonyl (C=O) groups is 2. The molecule has 0 bridgehead atoms. The molecule has 2 atom stereocenters. The number of aliphatic hydroxyl groups excluding tert-OH is 1. The Kier molecular flexibility index (Phi) is 6.45. The van der Waals surface area contributed by atoms with Gasteiger partial charge in [-0.1, -0.05) is 35.9 Å². The van der Waals surface area contributed by atoms with E-state index in [9.17, 15) is 27.9 Å². The fourth-order valence-electron chi connectivity index (χ4n) is 2.38. The minimum Gasteiger partial charge on any atom is -0.378 e. The second-order valence-corrected chi connectivity index (χ2v) is 6.26. The van der Waals surface area contributed by atoms with Crippen LogP contribution in [0, 0.1) is 0 Å². The number of nitrogens with two attached hydrogens (primary N) is 1. The highest BCUT2D eigenvalue weighted by Crippen LogP contribution is 2.30. The number of hydrogen-bond donors (Lipinski definition) is 3. The van der Waals surface area contributed by atoms with Gasteiger partial charge in [-0.25, -0.2) is 0 Å². The molecule has 0 aliphatic rings. The zero-order valence-corrected chi connectivity index (χ0v) is 14.6. The van der Waals surface area contributed by atoms with E-state index in [1.807, 2.05) is 0 Å². The van der Waals surface area contributed by atoms with Gasteiger partial charge in [-0.05, 0) is 35.4 Å². The van der Waals surface area contributed by atoms with Crippen molar-refractivity contribution in [2.45, 2.75) is 24.7 Å². The molecule has 9 heteroatoms. The van der Waals surface area contributed by atoms with Crippen molar-refractivity contribution in [3.05, 3.63) is 70.2 Å². The van der Waals surface area contributed by atoms with E-state index in [0.717, 1.165) is 24.3 Å². The third kappa shape index (κ3) is 5.70. The van der Waals surface area contributed by atoms with Gasteiger partial charge in [0.15, 0.2) is 6.10 Å². The number of benzene rings is 2. The van der Waals surface area contributed by atoms with Gasteiger partial charge in [0, 0.05) is 11.4 Å². The highest BCUT2D eigenvalue weighted by molar-refractivity contribution is 6.30. The first-order chi connectivity index (χ1) is 12.6. The van der Waals surface area contributed by atoms with Gasteiger partial charge >= 0.3 is 6.18 Å². The Bertz CT molecular complexity index is 825. The second kappa shape index (κ2) is 8.41. The molecule has 27 heavy (non-hydrogen) atoms. The Balaban J connectivity index is 2.09. The SMILES string of the molecule is NC(=O)[C@@H](Cc1cccc(Cl)c1)NC(=O)[C@@H](O)c1ccc(C(F)(F)F)cc1. The van der Waals surface area contributed by atoms with Crippen molar-refractivity contribution >= 4 is 23.4 Å². The van der Waals surface area contributed by atoms with Crippen molar-refractivity contribution in [2.75, 3.05) is 0 Å². The summed E-state index contributed by atoms with van der Waals surface area (Å²) in [6.07, 6.45) is -6.24. The summed E-state index contributed by atoms with van der Waals surface area (Å²) >= 11 is 5.87. The van der Waals surface area contributed by atoms with Crippen LogP contribution in [0.15, 0.2) is 48.5 Å². The van der Waals surface area contributed by atoms with E-state index in [4.69, 9.17) is 17.3 Å². The van der Waals surface area contributed by atoms with Crippen LogP contribution in [0.2, 0.25) is 5.02 Å². The van der Waals surface area contributed by atoms with Crippen molar-refractivity contribution in [1.29, 1.82) is 0 Å². The molecule has 2 aromatic rings. The van der Waals surface area contributed by atoms with Crippen molar-refractivity contribution in [3.8, 4) is 0 Å². The number of alkyl halides is 3. The van der Waals surface area contributed by atoms with E-state index >= 15 is 0 Å². The van der Waals surface area contributed by atoms with Gasteiger partial charge in [-0.3, -0.25) is 9.59 Å². The van der Waals surface area contributed by atoms with E-state index in [-0.39, 0.29) is 12.0 Å². The van der Waals surface area contributed by atoms with Gasteiger partial charge in [0.05, 0.1) is 5.56 Å². The number of amides is 2. The van der Waals surface area contributed by atoms with E-state index in [0.29, 0.717) is 10.6 Å². The second-order valence-electron chi connectivity index (χ2n) is 5.82. The van der Waals surface area contributed by atoms with E-state index < -0.39 is 35.7 Å². The van der Waals surface area contributed by atoms with Crippen molar-refractivity contribution in [2.24, 2.45) is 5.73 Å². The van der Waals surface area contributed by atoms with Gasteiger partial charge < -0.3 is 16.2 Å². The standard InChI is InChI=1S/C18H16ClF3N2O3/c19-13-3-1-2-10(8-13)9-14(16(23)26)24-17(27)15(25)11-4-6-12(7-5-11)18(20,21)22/h1-8,14-15,25H,9H2,(H2,23,26)(H,24,27)/t14-,15+/m1/s1. The third-order valence-electron chi connectivity index (χ3n) is 3.79. The zero-order valence-electron chi connectivity index (χ0n) is 13.8. The lowest BCUT2D eigenvalue weighted by atomic mass is 10.0. The van der Waals surface area contributed by atoms with Gasteiger partial charge in [0.1, 0.15) is 6.04 Å². The molecule has 2 rings (SSSR count). The summed E-state index contributed by atoms with van der Waals surface area (Å²) in [4.78, 5) is 23.8. The molecular formula is C18H16ClF3N2O3. The lowest BCUT2D eigenvalue weighted by molar-refractivity contribution is -0.137. The fraction of sp³-hybridized carbons (Fsp3) is 0.222. The number of primary amides is 1. The van der Waals surface area contributed by atoms with Crippen LogP contribution >= 0.6 is 11.6 Å². The molecular weight excluding hydrogens is 385 g/mol.